The summed E-state index contributed by atoms with van der Waals surface area (Å²) >= 11 is 1.48. The summed E-state index contributed by atoms with van der Waals surface area (Å²) in [7, 11) is 0. The Labute approximate surface area is 168 Å². The molecule has 1 aliphatic heterocycles. The molecule has 146 valence electrons. The molecule has 0 N–H and O–H groups in total. The summed E-state index contributed by atoms with van der Waals surface area (Å²) in [4.78, 5) is 24.6. The van der Waals surface area contributed by atoms with Gasteiger partial charge >= 0.3 is 0 Å². The maximum Gasteiger partial charge on any atom is 0.265 e. The van der Waals surface area contributed by atoms with Crippen LogP contribution in [0.5, 0.6) is 0 Å². The summed E-state index contributed by atoms with van der Waals surface area (Å²) in [5, 5.41) is 5.09. The molecule has 1 amide bonds. The van der Waals surface area contributed by atoms with Crippen molar-refractivity contribution in [2.75, 3.05) is 13.1 Å². The highest BCUT2D eigenvalue weighted by Crippen LogP contribution is 2.26. The Balaban J connectivity index is 1.44. The Morgan fingerprint density at radius 2 is 2.07 bits per heavy atom. The zero-order chi connectivity index (χ0) is 19.7. The maximum absolute atomic E-state index is 12.9. The molecule has 3 aromatic rings. The molecular formula is C21H24N4O2S. The largest absolute Gasteiger partial charge is 0.339 e. The second kappa shape index (κ2) is 7.83. The van der Waals surface area contributed by atoms with E-state index in [9.17, 15) is 4.79 Å². The van der Waals surface area contributed by atoms with Gasteiger partial charge in [0.15, 0.2) is 0 Å². The highest BCUT2D eigenvalue weighted by atomic mass is 32.1. The molecule has 0 saturated carbocycles. The van der Waals surface area contributed by atoms with E-state index in [-0.39, 0.29) is 5.91 Å². The summed E-state index contributed by atoms with van der Waals surface area (Å²) in [6.07, 6.45) is 2.75. The first-order valence-electron chi connectivity index (χ1n) is 9.63. The molecule has 28 heavy (non-hydrogen) atoms. The number of nitrogens with zero attached hydrogens (tertiary/aromatic N) is 4. The Morgan fingerprint density at radius 3 is 2.82 bits per heavy atom. The number of piperidine rings is 1. The molecule has 0 spiro atoms. The van der Waals surface area contributed by atoms with Crippen LogP contribution in [0.2, 0.25) is 0 Å². The van der Waals surface area contributed by atoms with Crippen molar-refractivity contribution in [3.8, 4) is 11.4 Å². The van der Waals surface area contributed by atoms with E-state index in [1.54, 1.807) is 0 Å². The molecule has 3 heterocycles. The normalized spacial score (nSPS) is 17.1. The lowest BCUT2D eigenvalue weighted by Gasteiger charge is -2.32. The van der Waals surface area contributed by atoms with Crippen LogP contribution in [-0.2, 0) is 6.42 Å². The van der Waals surface area contributed by atoms with E-state index in [0.29, 0.717) is 24.1 Å². The average molecular weight is 397 g/mol. The third-order valence-electron chi connectivity index (χ3n) is 5.22. The van der Waals surface area contributed by atoms with Crippen molar-refractivity contribution < 1.29 is 9.32 Å². The molecule has 4 rings (SSSR count). The van der Waals surface area contributed by atoms with Gasteiger partial charge in [-0.1, -0.05) is 29.4 Å². The van der Waals surface area contributed by atoms with Crippen molar-refractivity contribution in [1.29, 1.82) is 0 Å². The van der Waals surface area contributed by atoms with E-state index in [1.807, 2.05) is 49.9 Å². The monoisotopic (exact) mass is 396 g/mol. The number of aromatic nitrogens is 3. The smallest absolute Gasteiger partial charge is 0.265 e. The van der Waals surface area contributed by atoms with Gasteiger partial charge in [-0.25, -0.2) is 4.98 Å². The van der Waals surface area contributed by atoms with Gasteiger partial charge in [-0.05, 0) is 45.1 Å². The second-order valence-corrected chi connectivity index (χ2v) is 8.64. The van der Waals surface area contributed by atoms with Gasteiger partial charge in [-0.15, -0.1) is 11.3 Å². The lowest BCUT2D eigenvalue weighted by Crippen LogP contribution is -2.40. The van der Waals surface area contributed by atoms with E-state index in [1.165, 1.54) is 11.3 Å². The third-order valence-corrected chi connectivity index (χ3v) is 6.28. The molecule has 7 heteroatoms. The van der Waals surface area contributed by atoms with E-state index in [4.69, 9.17) is 4.52 Å². The average Bonchev–Trinajstić information content (AvgIpc) is 3.27. The van der Waals surface area contributed by atoms with Crippen molar-refractivity contribution in [3.05, 3.63) is 51.3 Å². The molecule has 2 aromatic heterocycles. The Hall–Kier alpha value is -2.54. The summed E-state index contributed by atoms with van der Waals surface area (Å²) in [6.45, 7) is 7.40. The van der Waals surface area contributed by atoms with Crippen LogP contribution in [0.25, 0.3) is 11.4 Å². The van der Waals surface area contributed by atoms with Crippen molar-refractivity contribution in [3.63, 3.8) is 0 Å². The van der Waals surface area contributed by atoms with Gasteiger partial charge in [0.25, 0.3) is 5.91 Å². The number of carbonyl (C=O) groups excluding carboxylic acids is 1. The number of likely N-dealkylation sites (tertiary alicyclic amines) is 1. The lowest BCUT2D eigenvalue weighted by molar-refractivity contribution is 0.0672. The van der Waals surface area contributed by atoms with E-state index >= 15 is 0 Å². The molecule has 1 saturated heterocycles. The zero-order valence-corrected chi connectivity index (χ0v) is 17.3. The quantitative estimate of drug-likeness (QED) is 0.660. The van der Waals surface area contributed by atoms with Crippen molar-refractivity contribution in [2.24, 2.45) is 5.92 Å². The molecule has 1 fully saturated rings. The minimum absolute atomic E-state index is 0.0962. The molecule has 6 nitrogen and oxygen atoms in total. The van der Waals surface area contributed by atoms with E-state index in [0.717, 1.165) is 52.6 Å². The summed E-state index contributed by atoms with van der Waals surface area (Å²) < 4.78 is 5.51. The first-order valence-corrected chi connectivity index (χ1v) is 10.4. The van der Waals surface area contributed by atoms with Crippen LogP contribution >= 0.6 is 11.3 Å². The number of hydrogen-bond acceptors (Lipinski definition) is 6. The Morgan fingerprint density at radius 1 is 1.25 bits per heavy atom. The highest BCUT2D eigenvalue weighted by molar-refractivity contribution is 7.13. The fraction of sp³-hybridized carbons (Fsp3) is 0.429. The maximum atomic E-state index is 12.9. The summed E-state index contributed by atoms with van der Waals surface area (Å²) in [5.41, 5.74) is 2.95. The lowest BCUT2D eigenvalue weighted by atomic mass is 9.94. The van der Waals surface area contributed by atoms with Crippen LogP contribution in [0.1, 0.15) is 44.7 Å². The second-order valence-electron chi connectivity index (χ2n) is 7.44. The third kappa shape index (κ3) is 3.85. The van der Waals surface area contributed by atoms with Gasteiger partial charge < -0.3 is 9.42 Å². The van der Waals surface area contributed by atoms with Crippen LogP contribution in [-0.4, -0.2) is 39.0 Å². The van der Waals surface area contributed by atoms with Crippen molar-refractivity contribution in [1.82, 2.24) is 20.0 Å². The first kappa shape index (κ1) is 18.8. The van der Waals surface area contributed by atoms with Crippen LogP contribution in [0.3, 0.4) is 0 Å². The molecular weight excluding hydrogens is 372 g/mol. The first-order chi connectivity index (χ1) is 13.5. The van der Waals surface area contributed by atoms with Crippen LogP contribution < -0.4 is 0 Å². The van der Waals surface area contributed by atoms with E-state index in [2.05, 4.69) is 15.1 Å². The standard InChI is InChI=1S/C21H24N4O2S/c1-13-7-4-5-9-17(13)20-23-18(27-24-20)11-16-8-6-10-25(12-16)21(26)19-14(2)22-15(3)28-19/h4-5,7,9,16H,6,8,10-12H2,1-3H3/t16-/m0/s1. The fourth-order valence-electron chi connectivity index (χ4n) is 3.81. The molecule has 0 bridgehead atoms. The number of aryl methyl sites for hydroxylation is 3. The topological polar surface area (TPSA) is 72.1 Å². The van der Waals surface area contributed by atoms with Crippen LogP contribution in [0, 0.1) is 26.7 Å². The van der Waals surface area contributed by atoms with E-state index < -0.39 is 0 Å². The van der Waals surface area contributed by atoms with Crippen molar-refractivity contribution in [2.45, 2.75) is 40.0 Å². The number of hydrogen-bond donors (Lipinski definition) is 0. The van der Waals surface area contributed by atoms with Gasteiger partial charge in [0.2, 0.25) is 11.7 Å². The number of rotatable bonds is 4. The highest BCUT2D eigenvalue weighted by Gasteiger charge is 2.28. The van der Waals surface area contributed by atoms with Gasteiger partial charge in [-0.2, -0.15) is 4.98 Å². The minimum atomic E-state index is 0.0962. The van der Waals surface area contributed by atoms with Crippen molar-refractivity contribution >= 4 is 17.2 Å². The molecule has 0 aliphatic carbocycles. The number of benzene rings is 1. The predicted molar refractivity (Wildman–Crippen MR) is 108 cm³/mol. The number of amides is 1. The zero-order valence-electron chi connectivity index (χ0n) is 16.4. The Bertz CT molecular complexity index is 994. The molecule has 1 aliphatic rings. The predicted octanol–water partition coefficient (Wildman–Crippen LogP) is 4.21. The van der Waals surface area contributed by atoms with Crippen LogP contribution in [0.4, 0.5) is 0 Å². The molecule has 0 radical (unpaired) electrons. The number of thiazole rings is 1. The van der Waals surface area contributed by atoms with Gasteiger partial charge in [-0.3, -0.25) is 4.79 Å². The fourth-order valence-corrected chi connectivity index (χ4v) is 4.70. The summed E-state index contributed by atoms with van der Waals surface area (Å²) in [5.74, 6) is 1.70. The molecule has 0 unspecified atom stereocenters. The Kier molecular flexibility index (Phi) is 5.26. The molecule has 1 aromatic carbocycles. The van der Waals surface area contributed by atoms with Gasteiger partial charge in [0.05, 0.1) is 10.7 Å². The summed E-state index contributed by atoms with van der Waals surface area (Å²) in [6, 6.07) is 8.02. The van der Waals surface area contributed by atoms with Crippen LogP contribution in [0.15, 0.2) is 28.8 Å². The van der Waals surface area contributed by atoms with Gasteiger partial charge in [0, 0.05) is 25.1 Å². The van der Waals surface area contributed by atoms with Gasteiger partial charge in [0.1, 0.15) is 4.88 Å². The molecule has 1 atom stereocenters. The minimum Gasteiger partial charge on any atom is -0.339 e. The SMILES string of the molecule is Cc1nc(C)c(C(=O)N2CCC[C@@H](Cc3nc(-c4ccccc4C)no3)C2)s1. The number of carbonyl (C=O) groups is 1.